The van der Waals surface area contributed by atoms with Crippen molar-refractivity contribution in [3.05, 3.63) is 70.0 Å². The number of benzene rings is 1. The van der Waals surface area contributed by atoms with Gasteiger partial charge in [0.25, 0.3) is 5.56 Å². The average Bonchev–Trinajstić information content (AvgIpc) is 2.73. The summed E-state index contributed by atoms with van der Waals surface area (Å²) in [4.78, 5) is 38.0. The predicted octanol–water partition coefficient (Wildman–Crippen LogP) is 1.64. The van der Waals surface area contributed by atoms with Gasteiger partial charge >= 0.3 is 0 Å². The van der Waals surface area contributed by atoms with Crippen molar-refractivity contribution in [3.8, 4) is 17.3 Å². The second-order valence-corrected chi connectivity index (χ2v) is 6.26. The largest absolute Gasteiger partial charge is 0.497 e. The molecule has 8 nitrogen and oxygen atoms in total. The summed E-state index contributed by atoms with van der Waals surface area (Å²) in [6, 6.07) is 7.41. The number of carbonyl (C=O) groups excluding carboxylic acids is 1. The lowest BCUT2D eigenvalue weighted by Gasteiger charge is -2.14. The minimum Gasteiger partial charge on any atom is -0.497 e. The Kier molecular flexibility index (Phi) is 5.78. The van der Waals surface area contributed by atoms with Crippen LogP contribution in [0.3, 0.4) is 0 Å². The molecule has 0 saturated carbocycles. The third kappa shape index (κ3) is 4.22. The number of hydrogen-bond donors (Lipinski definition) is 1. The Morgan fingerprint density at radius 2 is 2.07 bits per heavy atom. The quantitative estimate of drug-likeness (QED) is 0.699. The highest BCUT2D eigenvalue weighted by Gasteiger charge is 2.16. The fraction of sp³-hybridized carbons (Fsp3) is 0.250. The molecular formula is C20H21N5O3. The standard InChI is InChI=1S/C20H21N5O3/c1-13-14(2)24-19(17-11-21-7-8-22-17)25(20(13)27)12-18(26)23-10-15-5-4-6-16(9-15)28-3/h4-9,11H,10,12H2,1-3H3,(H,23,26). The molecule has 0 aliphatic heterocycles. The van der Waals surface area contributed by atoms with E-state index >= 15 is 0 Å². The summed E-state index contributed by atoms with van der Waals surface area (Å²) >= 11 is 0. The van der Waals surface area contributed by atoms with Crippen LogP contribution < -0.4 is 15.6 Å². The van der Waals surface area contributed by atoms with Gasteiger partial charge in [0.15, 0.2) is 5.82 Å². The maximum atomic E-state index is 12.8. The molecule has 2 aromatic heterocycles. The van der Waals surface area contributed by atoms with E-state index in [1.165, 1.54) is 23.2 Å². The van der Waals surface area contributed by atoms with Gasteiger partial charge in [-0.3, -0.25) is 19.1 Å². The summed E-state index contributed by atoms with van der Waals surface area (Å²) in [5.41, 5.74) is 2.15. The summed E-state index contributed by atoms with van der Waals surface area (Å²) in [5.74, 6) is 0.726. The van der Waals surface area contributed by atoms with Gasteiger partial charge in [-0.25, -0.2) is 9.97 Å². The van der Waals surface area contributed by atoms with Crippen LogP contribution in [0.1, 0.15) is 16.8 Å². The van der Waals surface area contributed by atoms with Crippen molar-refractivity contribution in [1.82, 2.24) is 24.8 Å². The lowest BCUT2D eigenvalue weighted by atomic mass is 10.2. The average molecular weight is 379 g/mol. The number of ether oxygens (including phenoxy) is 1. The Morgan fingerprint density at radius 3 is 2.79 bits per heavy atom. The summed E-state index contributed by atoms with van der Waals surface area (Å²) < 4.78 is 6.51. The molecule has 0 fully saturated rings. The first kappa shape index (κ1) is 19.2. The van der Waals surface area contributed by atoms with Gasteiger partial charge in [-0.1, -0.05) is 12.1 Å². The van der Waals surface area contributed by atoms with Crippen molar-refractivity contribution in [2.24, 2.45) is 0 Å². The molecule has 28 heavy (non-hydrogen) atoms. The molecule has 0 atom stereocenters. The van der Waals surface area contributed by atoms with Gasteiger partial charge < -0.3 is 10.1 Å². The fourth-order valence-corrected chi connectivity index (χ4v) is 2.70. The van der Waals surface area contributed by atoms with E-state index in [0.717, 1.165) is 5.56 Å². The highest BCUT2D eigenvalue weighted by molar-refractivity contribution is 5.76. The molecule has 8 heteroatoms. The monoisotopic (exact) mass is 379 g/mol. The first-order chi connectivity index (χ1) is 13.5. The Balaban J connectivity index is 1.84. The number of nitrogens with one attached hydrogen (secondary N) is 1. The molecule has 0 bridgehead atoms. The van der Waals surface area contributed by atoms with Crippen LogP contribution in [0.25, 0.3) is 11.5 Å². The first-order valence-electron chi connectivity index (χ1n) is 8.73. The van der Waals surface area contributed by atoms with Crippen LogP contribution in [0.2, 0.25) is 0 Å². The minimum absolute atomic E-state index is 0.164. The number of aryl methyl sites for hydroxylation is 1. The third-order valence-electron chi connectivity index (χ3n) is 4.36. The number of rotatable bonds is 6. The van der Waals surface area contributed by atoms with Crippen molar-refractivity contribution in [3.63, 3.8) is 0 Å². The van der Waals surface area contributed by atoms with Gasteiger partial charge in [0, 0.05) is 30.2 Å². The van der Waals surface area contributed by atoms with Crippen LogP contribution in [0.5, 0.6) is 5.75 Å². The molecule has 144 valence electrons. The zero-order valence-corrected chi connectivity index (χ0v) is 16.0. The number of carbonyl (C=O) groups is 1. The third-order valence-corrected chi connectivity index (χ3v) is 4.36. The number of hydrogen-bond acceptors (Lipinski definition) is 6. The Morgan fingerprint density at radius 1 is 1.25 bits per heavy atom. The summed E-state index contributed by atoms with van der Waals surface area (Å²) in [5, 5.41) is 2.82. The van der Waals surface area contributed by atoms with Gasteiger partial charge in [-0.05, 0) is 31.5 Å². The Labute approximate surface area is 162 Å². The van der Waals surface area contributed by atoms with E-state index in [4.69, 9.17) is 4.74 Å². The molecule has 0 unspecified atom stereocenters. The van der Waals surface area contributed by atoms with Crippen LogP contribution in [0, 0.1) is 13.8 Å². The normalized spacial score (nSPS) is 10.5. The Hall–Kier alpha value is -3.55. The van der Waals surface area contributed by atoms with E-state index in [9.17, 15) is 9.59 Å². The van der Waals surface area contributed by atoms with Gasteiger partial charge in [-0.2, -0.15) is 0 Å². The van der Waals surface area contributed by atoms with Gasteiger partial charge in [-0.15, -0.1) is 0 Å². The predicted molar refractivity (Wildman–Crippen MR) is 104 cm³/mol. The maximum absolute atomic E-state index is 12.8. The molecule has 0 spiro atoms. The van der Waals surface area contributed by atoms with Crippen LogP contribution in [0.4, 0.5) is 0 Å². The first-order valence-corrected chi connectivity index (χ1v) is 8.73. The molecule has 0 saturated heterocycles. The van der Waals surface area contributed by atoms with E-state index in [1.807, 2.05) is 24.3 Å². The van der Waals surface area contributed by atoms with Gasteiger partial charge in [0.05, 0.1) is 13.3 Å². The van der Waals surface area contributed by atoms with Crippen LogP contribution in [-0.2, 0) is 17.9 Å². The van der Waals surface area contributed by atoms with E-state index in [2.05, 4.69) is 20.3 Å². The minimum atomic E-state index is -0.305. The lowest BCUT2D eigenvalue weighted by molar-refractivity contribution is -0.121. The number of aromatic nitrogens is 4. The topological polar surface area (TPSA) is 99.0 Å². The molecule has 1 amide bonds. The molecule has 1 N–H and O–H groups in total. The second-order valence-electron chi connectivity index (χ2n) is 6.26. The zero-order valence-electron chi connectivity index (χ0n) is 16.0. The smallest absolute Gasteiger partial charge is 0.257 e. The molecule has 1 aromatic carbocycles. The summed E-state index contributed by atoms with van der Waals surface area (Å²) in [6.07, 6.45) is 4.57. The number of nitrogens with zero attached hydrogens (tertiary/aromatic N) is 4. The van der Waals surface area contributed by atoms with Crippen molar-refractivity contribution in [2.45, 2.75) is 26.9 Å². The van der Waals surface area contributed by atoms with Crippen molar-refractivity contribution in [2.75, 3.05) is 7.11 Å². The summed E-state index contributed by atoms with van der Waals surface area (Å²) in [7, 11) is 1.59. The molecule has 3 rings (SSSR count). The van der Waals surface area contributed by atoms with Crippen molar-refractivity contribution >= 4 is 5.91 Å². The van der Waals surface area contributed by atoms with Gasteiger partial charge in [0.2, 0.25) is 5.91 Å². The number of amides is 1. The maximum Gasteiger partial charge on any atom is 0.257 e. The summed E-state index contributed by atoms with van der Waals surface area (Å²) in [6.45, 7) is 3.60. The lowest BCUT2D eigenvalue weighted by Crippen LogP contribution is -2.34. The molecule has 0 aliphatic carbocycles. The molecule has 3 aromatic rings. The highest BCUT2D eigenvalue weighted by Crippen LogP contribution is 2.14. The van der Waals surface area contributed by atoms with E-state index in [1.54, 1.807) is 21.0 Å². The molecule has 0 aliphatic rings. The zero-order chi connectivity index (χ0) is 20.1. The van der Waals surface area contributed by atoms with Crippen molar-refractivity contribution < 1.29 is 9.53 Å². The van der Waals surface area contributed by atoms with E-state index in [0.29, 0.717) is 35.1 Å². The van der Waals surface area contributed by atoms with E-state index in [-0.39, 0.29) is 18.0 Å². The Bertz CT molecular complexity index is 1050. The second kappa shape index (κ2) is 8.43. The number of methoxy groups -OCH3 is 1. The highest BCUT2D eigenvalue weighted by atomic mass is 16.5. The van der Waals surface area contributed by atoms with Crippen LogP contribution in [0.15, 0.2) is 47.7 Å². The van der Waals surface area contributed by atoms with E-state index < -0.39 is 0 Å². The molecule has 0 radical (unpaired) electrons. The molecule has 2 heterocycles. The SMILES string of the molecule is COc1cccc(CNC(=O)Cn2c(-c3cnccn3)nc(C)c(C)c2=O)c1. The van der Waals surface area contributed by atoms with Crippen LogP contribution >= 0.6 is 0 Å². The van der Waals surface area contributed by atoms with Crippen molar-refractivity contribution in [1.29, 1.82) is 0 Å². The fourth-order valence-electron chi connectivity index (χ4n) is 2.70. The van der Waals surface area contributed by atoms with Gasteiger partial charge in [0.1, 0.15) is 18.0 Å². The van der Waals surface area contributed by atoms with Crippen LogP contribution in [-0.4, -0.2) is 32.5 Å². The molecular weight excluding hydrogens is 358 g/mol.